The van der Waals surface area contributed by atoms with Crippen LogP contribution in [-0.2, 0) is 0 Å². The van der Waals surface area contributed by atoms with Crippen molar-refractivity contribution in [3.63, 3.8) is 0 Å². The molecule has 2 aromatic carbocycles. The highest BCUT2D eigenvalue weighted by Gasteiger charge is 2.18. The maximum atomic E-state index is 13.9. The number of carbonyl (C=O) groups is 1. The van der Waals surface area contributed by atoms with Gasteiger partial charge in [-0.15, -0.1) is 0 Å². The van der Waals surface area contributed by atoms with Crippen molar-refractivity contribution in [2.24, 2.45) is 5.92 Å². The van der Waals surface area contributed by atoms with Gasteiger partial charge in [0.2, 0.25) is 0 Å². The monoisotopic (exact) mass is 287 g/mol. The largest absolute Gasteiger partial charge is 0.478 e. The summed E-state index contributed by atoms with van der Waals surface area (Å²) in [5.74, 6) is -1.30. The number of carboxylic acid groups (broad SMARTS) is 1. The van der Waals surface area contributed by atoms with Gasteiger partial charge in [0, 0.05) is 0 Å². The van der Waals surface area contributed by atoms with Crippen molar-refractivity contribution in [1.29, 1.82) is 0 Å². The molecule has 0 amide bonds. The summed E-state index contributed by atoms with van der Waals surface area (Å²) in [6.07, 6.45) is 0. The van der Waals surface area contributed by atoms with Crippen LogP contribution in [0.2, 0.25) is 0 Å². The lowest BCUT2D eigenvalue weighted by Crippen LogP contribution is -2.17. The molecule has 0 aliphatic heterocycles. The molecule has 2 N–H and O–H groups in total. The van der Waals surface area contributed by atoms with Gasteiger partial charge in [0.05, 0.1) is 17.3 Å². The average Bonchev–Trinajstić information content (AvgIpc) is 2.46. The van der Waals surface area contributed by atoms with Gasteiger partial charge >= 0.3 is 5.97 Å². The van der Waals surface area contributed by atoms with E-state index >= 15 is 0 Å². The fraction of sp³-hybridized carbons (Fsp3) is 0.235. The molecule has 0 bridgehead atoms. The van der Waals surface area contributed by atoms with Crippen LogP contribution in [-0.4, -0.2) is 11.1 Å². The van der Waals surface area contributed by atoms with Crippen LogP contribution in [0.1, 0.15) is 35.8 Å². The number of halogens is 1. The first-order valence-electron chi connectivity index (χ1n) is 6.83. The summed E-state index contributed by atoms with van der Waals surface area (Å²) in [5.41, 5.74) is 1.31. The normalized spacial score (nSPS) is 12.2. The van der Waals surface area contributed by atoms with Crippen molar-refractivity contribution in [3.05, 3.63) is 65.5 Å². The molecule has 0 saturated carbocycles. The molecule has 3 nitrogen and oxygen atoms in total. The number of benzene rings is 2. The smallest absolute Gasteiger partial charge is 0.335 e. The van der Waals surface area contributed by atoms with Crippen molar-refractivity contribution < 1.29 is 14.3 Å². The van der Waals surface area contributed by atoms with Gasteiger partial charge < -0.3 is 10.4 Å². The second-order valence-corrected chi connectivity index (χ2v) is 5.28. The third-order valence-corrected chi connectivity index (χ3v) is 3.35. The molecule has 21 heavy (non-hydrogen) atoms. The van der Waals surface area contributed by atoms with Gasteiger partial charge in [0.15, 0.2) is 0 Å². The third-order valence-electron chi connectivity index (χ3n) is 3.35. The van der Waals surface area contributed by atoms with E-state index in [1.807, 2.05) is 44.2 Å². The fourth-order valence-corrected chi connectivity index (χ4v) is 2.23. The summed E-state index contributed by atoms with van der Waals surface area (Å²) < 4.78 is 13.9. The molecule has 0 heterocycles. The highest BCUT2D eigenvalue weighted by Crippen LogP contribution is 2.28. The molecule has 0 aliphatic rings. The van der Waals surface area contributed by atoms with Crippen LogP contribution in [0.25, 0.3) is 0 Å². The van der Waals surface area contributed by atoms with E-state index in [1.165, 1.54) is 18.2 Å². The van der Waals surface area contributed by atoms with Gasteiger partial charge in [-0.25, -0.2) is 9.18 Å². The predicted octanol–water partition coefficient (Wildman–Crippen LogP) is 4.33. The number of aromatic carboxylic acids is 1. The number of carboxylic acids is 1. The maximum Gasteiger partial charge on any atom is 0.335 e. The van der Waals surface area contributed by atoms with Gasteiger partial charge in [-0.2, -0.15) is 0 Å². The molecular weight excluding hydrogens is 269 g/mol. The lowest BCUT2D eigenvalue weighted by atomic mass is 9.95. The predicted molar refractivity (Wildman–Crippen MR) is 81.0 cm³/mol. The summed E-state index contributed by atoms with van der Waals surface area (Å²) >= 11 is 0. The first-order valence-corrected chi connectivity index (χ1v) is 6.83. The van der Waals surface area contributed by atoms with Crippen LogP contribution in [0.4, 0.5) is 10.1 Å². The second kappa shape index (κ2) is 6.39. The maximum absolute atomic E-state index is 13.9. The SMILES string of the molecule is CC(C)C(Nc1cc(C(=O)O)ccc1F)c1ccccc1. The van der Waals surface area contributed by atoms with Gasteiger partial charge in [-0.3, -0.25) is 0 Å². The zero-order chi connectivity index (χ0) is 15.4. The molecule has 0 fully saturated rings. The van der Waals surface area contributed by atoms with Gasteiger partial charge in [-0.1, -0.05) is 44.2 Å². The third kappa shape index (κ3) is 3.60. The van der Waals surface area contributed by atoms with Crippen molar-refractivity contribution in [2.45, 2.75) is 19.9 Å². The first-order chi connectivity index (χ1) is 9.99. The topological polar surface area (TPSA) is 49.3 Å². The Hall–Kier alpha value is -2.36. The van der Waals surface area contributed by atoms with Crippen molar-refractivity contribution >= 4 is 11.7 Å². The molecule has 0 saturated heterocycles. The number of anilines is 1. The molecule has 110 valence electrons. The van der Waals surface area contributed by atoms with Crippen molar-refractivity contribution in [3.8, 4) is 0 Å². The van der Waals surface area contributed by atoms with Crippen LogP contribution in [0, 0.1) is 11.7 Å². The van der Waals surface area contributed by atoms with Crippen molar-refractivity contribution in [1.82, 2.24) is 0 Å². The summed E-state index contributed by atoms with van der Waals surface area (Å²) in [6.45, 7) is 4.06. The highest BCUT2D eigenvalue weighted by atomic mass is 19.1. The zero-order valence-corrected chi connectivity index (χ0v) is 12.0. The Morgan fingerprint density at radius 1 is 1.14 bits per heavy atom. The Morgan fingerprint density at radius 3 is 2.38 bits per heavy atom. The Kier molecular flexibility index (Phi) is 4.58. The van der Waals surface area contributed by atoms with E-state index in [0.29, 0.717) is 0 Å². The molecule has 2 aromatic rings. The Bertz CT molecular complexity index is 626. The van der Waals surface area contributed by atoms with E-state index in [0.717, 1.165) is 5.56 Å². The van der Waals surface area contributed by atoms with Gasteiger partial charge in [-0.05, 0) is 29.7 Å². The number of rotatable bonds is 5. The van der Waals surface area contributed by atoms with Crippen LogP contribution < -0.4 is 5.32 Å². The summed E-state index contributed by atoms with van der Waals surface area (Å²) in [6, 6.07) is 13.4. The Labute approximate surface area is 123 Å². The summed E-state index contributed by atoms with van der Waals surface area (Å²) in [5, 5.41) is 12.1. The highest BCUT2D eigenvalue weighted by molar-refractivity contribution is 5.88. The molecule has 4 heteroatoms. The second-order valence-electron chi connectivity index (χ2n) is 5.28. The average molecular weight is 287 g/mol. The van der Waals surface area contributed by atoms with Gasteiger partial charge in [0.1, 0.15) is 5.82 Å². The van der Waals surface area contributed by atoms with E-state index < -0.39 is 11.8 Å². The minimum atomic E-state index is -1.07. The molecular formula is C17H18FNO2. The van der Waals surface area contributed by atoms with Crippen molar-refractivity contribution in [2.75, 3.05) is 5.32 Å². The molecule has 2 rings (SSSR count). The standard InChI is InChI=1S/C17H18FNO2/c1-11(2)16(12-6-4-3-5-7-12)19-15-10-13(17(20)21)8-9-14(15)18/h3-11,16,19H,1-2H3,(H,20,21). The van der Waals surface area contributed by atoms with E-state index in [-0.39, 0.29) is 23.2 Å². The fourth-order valence-electron chi connectivity index (χ4n) is 2.23. The molecule has 1 atom stereocenters. The van der Waals surface area contributed by atoms with Crippen LogP contribution in [0.3, 0.4) is 0 Å². The van der Waals surface area contributed by atoms with Crippen LogP contribution in [0.5, 0.6) is 0 Å². The number of nitrogens with one attached hydrogen (secondary N) is 1. The Balaban J connectivity index is 2.33. The number of hydrogen-bond donors (Lipinski definition) is 2. The molecule has 1 unspecified atom stereocenters. The Morgan fingerprint density at radius 2 is 1.81 bits per heavy atom. The van der Waals surface area contributed by atoms with E-state index in [9.17, 15) is 9.18 Å². The molecule has 0 radical (unpaired) electrons. The zero-order valence-electron chi connectivity index (χ0n) is 12.0. The first kappa shape index (κ1) is 15.0. The minimum Gasteiger partial charge on any atom is -0.478 e. The lowest BCUT2D eigenvalue weighted by molar-refractivity contribution is 0.0697. The molecule has 0 aromatic heterocycles. The molecule has 0 aliphatic carbocycles. The summed E-state index contributed by atoms with van der Waals surface area (Å²) in [4.78, 5) is 11.0. The van der Waals surface area contributed by atoms with E-state index in [1.54, 1.807) is 0 Å². The quantitative estimate of drug-likeness (QED) is 0.860. The lowest BCUT2D eigenvalue weighted by Gasteiger charge is -2.24. The van der Waals surface area contributed by atoms with Crippen LogP contribution >= 0.6 is 0 Å². The summed E-state index contributed by atoms with van der Waals surface area (Å²) in [7, 11) is 0. The molecule has 0 spiro atoms. The van der Waals surface area contributed by atoms with E-state index in [2.05, 4.69) is 5.32 Å². The van der Waals surface area contributed by atoms with Gasteiger partial charge in [0.25, 0.3) is 0 Å². The minimum absolute atomic E-state index is 0.0643. The van der Waals surface area contributed by atoms with Crippen LogP contribution in [0.15, 0.2) is 48.5 Å². The number of hydrogen-bond acceptors (Lipinski definition) is 2. The van der Waals surface area contributed by atoms with E-state index in [4.69, 9.17) is 5.11 Å².